The van der Waals surface area contributed by atoms with Crippen molar-refractivity contribution in [3.63, 3.8) is 0 Å². The van der Waals surface area contributed by atoms with Crippen LogP contribution in [0.4, 0.5) is 0 Å². The summed E-state index contributed by atoms with van der Waals surface area (Å²) in [5, 5.41) is 3.57. The van der Waals surface area contributed by atoms with Gasteiger partial charge in [-0.25, -0.2) is 0 Å². The van der Waals surface area contributed by atoms with Crippen LogP contribution in [0.1, 0.15) is 36.4 Å². The molecule has 2 fully saturated rings. The van der Waals surface area contributed by atoms with Gasteiger partial charge in [0, 0.05) is 18.4 Å². The number of hydrogen-bond acceptors (Lipinski definition) is 3. The van der Waals surface area contributed by atoms with E-state index in [1.54, 1.807) is 0 Å². The maximum Gasteiger partial charge on any atom is 0.0783 e. The minimum Gasteiger partial charge on any atom is -0.374 e. The van der Waals surface area contributed by atoms with Crippen LogP contribution in [0.2, 0.25) is 0 Å². The Balaban J connectivity index is 1.81. The van der Waals surface area contributed by atoms with E-state index in [0.29, 0.717) is 12.0 Å². The molecule has 3 rings (SSSR count). The Labute approximate surface area is 126 Å². The highest BCUT2D eigenvalue weighted by Gasteiger charge is 2.42. The van der Waals surface area contributed by atoms with Crippen molar-refractivity contribution >= 4 is 11.8 Å². The first-order chi connectivity index (χ1) is 9.74. The van der Waals surface area contributed by atoms with Gasteiger partial charge in [-0.05, 0) is 56.0 Å². The molecule has 2 aliphatic rings. The summed E-state index contributed by atoms with van der Waals surface area (Å²) in [6.07, 6.45) is 3.62. The second-order valence-electron chi connectivity index (χ2n) is 6.21. The van der Waals surface area contributed by atoms with Crippen molar-refractivity contribution in [2.24, 2.45) is 5.92 Å². The Morgan fingerprint density at radius 3 is 2.95 bits per heavy atom. The van der Waals surface area contributed by atoms with Gasteiger partial charge in [-0.2, -0.15) is 11.8 Å². The minimum atomic E-state index is 0.172. The van der Waals surface area contributed by atoms with Gasteiger partial charge < -0.3 is 10.1 Å². The number of benzene rings is 1. The molecule has 2 saturated heterocycles. The normalized spacial score (nSPS) is 31.6. The van der Waals surface area contributed by atoms with Crippen molar-refractivity contribution in [2.45, 2.75) is 37.8 Å². The third kappa shape index (κ3) is 2.76. The molecule has 3 heteroatoms. The van der Waals surface area contributed by atoms with Gasteiger partial charge in [0.1, 0.15) is 0 Å². The molecule has 1 spiro atoms. The first-order valence-electron chi connectivity index (χ1n) is 7.69. The summed E-state index contributed by atoms with van der Waals surface area (Å²) in [5.41, 5.74) is 3.03. The molecule has 1 aromatic carbocycles. The fourth-order valence-electron chi connectivity index (χ4n) is 3.79. The van der Waals surface area contributed by atoms with Crippen LogP contribution >= 0.6 is 11.8 Å². The zero-order valence-corrected chi connectivity index (χ0v) is 13.3. The minimum absolute atomic E-state index is 0.172. The Morgan fingerprint density at radius 1 is 1.40 bits per heavy atom. The van der Waals surface area contributed by atoms with Crippen LogP contribution in [0, 0.1) is 12.8 Å². The smallest absolute Gasteiger partial charge is 0.0783 e. The zero-order chi connectivity index (χ0) is 14.0. The molecule has 1 aromatic rings. The summed E-state index contributed by atoms with van der Waals surface area (Å²) in [4.78, 5) is 0. The predicted molar refractivity (Wildman–Crippen MR) is 86.3 cm³/mol. The van der Waals surface area contributed by atoms with Crippen molar-refractivity contribution < 1.29 is 4.74 Å². The molecule has 0 amide bonds. The summed E-state index contributed by atoms with van der Waals surface area (Å²) in [7, 11) is 2.10. The molecular weight excluding hydrogens is 266 g/mol. The maximum atomic E-state index is 6.17. The monoisotopic (exact) mass is 291 g/mol. The first kappa shape index (κ1) is 14.4. The Kier molecular flexibility index (Phi) is 4.39. The van der Waals surface area contributed by atoms with Crippen LogP contribution in [-0.2, 0) is 4.74 Å². The molecule has 2 nitrogen and oxygen atoms in total. The molecule has 0 bridgehead atoms. The molecule has 3 unspecified atom stereocenters. The predicted octanol–water partition coefficient (Wildman–Crippen LogP) is 3.56. The third-order valence-corrected chi connectivity index (χ3v) is 6.13. The fraction of sp³-hybridized carbons (Fsp3) is 0.647. The molecule has 2 heterocycles. The van der Waals surface area contributed by atoms with Gasteiger partial charge in [-0.3, -0.25) is 0 Å². The van der Waals surface area contributed by atoms with Crippen LogP contribution in [-0.4, -0.2) is 30.8 Å². The Bertz CT molecular complexity index is 456. The van der Waals surface area contributed by atoms with Crippen LogP contribution in [0.25, 0.3) is 0 Å². The number of thioether (sulfide) groups is 1. The van der Waals surface area contributed by atoms with Gasteiger partial charge in [0.15, 0.2) is 0 Å². The third-order valence-electron chi connectivity index (χ3n) is 4.90. The number of rotatable bonds is 3. The number of nitrogens with one attached hydrogen (secondary N) is 1. The van der Waals surface area contributed by atoms with E-state index in [2.05, 4.69) is 55.3 Å². The lowest BCUT2D eigenvalue weighted by molar-refractivity contribution is -0.0850. The van der Waals surface area contributed by atoms with E-state index in [1.807, 2.05) is 0 Å². The molecular formula is C17H25NOS. The summed E-state index contributed by atoms with van der Waals surface area (Å²) in [6, 6.07) is 9.25. The van der Waals surface area contributed by atoms with E-state index in [0.717, 1.165) is 6.61 Å². The lowest BCUT2D eigenvalue weighted by Gasteiger charge is -2.41. The summed E-state index contributed by atoms with van der Waals surface area (Å²) < 4.78 is 6.17. The zero-order valence-electron chi connectivity index (χ0n) is 12.5. The highest BCUT2D eigenvalue weighted by molar-refractivity contribution is 7.99. The van der Waals surface area contributed by atoms with E-state index in [-0.39, 0.29) is 5.60 Å². The second kappa shape index (κ2) is 6.08. The molecule has 1 N–H and O–H groups in total. The number of hydrogen-bond donors (Lipinski definition) is 1. The fourth-order valence-corrected chi connectivity index (χ4v) is 5.17. The Morgan fingerprint density at radius 2 is 2.25 bits per heavy atom. The van der Waals surface area contributed by atoms with Crippen LogP contribution in [0.15, 0.2) is 24.3 Å². The molecule has 2 aliphatic heterocycles. The second-order valence-corrected chi connectivity index (χ2v) is 7.32. The molecule has 0 saturated carbocycles. The maximum absolute atomic E-state index is 6.17. The van der Waals surface area contributed by atoms with Crippen molar-refractivity contribution in [3.05, 3.63) is 35.4 Å². The van der Waals surface area contributed by atoms with Gasteiger partial charge in [0.05, 0.1) is 5.60 Å². The average molecular weight is 291 g/mol. The quantitative estimate of drug-likeness (QED) is 0.920. The lowest BCUT2D eigenvalue weighted by atomic mass is 9.78. The highest BCUT2D eigenvalue weighted by atomic mass is 32.2. The molecule has 3 atom stereocenters. The van der Waals surface area contributed by atoms with Crippen LogP contribution in [0.3, 0.4) is 0 Å². The van der Waals surface area contributed by atoms with Gasteiger partial charge in [0.25, 0.3) is 0 Å². The summed E-state index contributed by atoms with van der Waals surface area (Å²) >= 11 is 2.05. The van der Waals surface area contributed by atoms with Crippen LogP contribution in [0.5, 0.6) is 0 Å². The van der Waals surface area contributed by atoms with E-state index in [4.69, 9.17) is 4.74 Å². The van der Waals surface area contributed by atoms with Crippen LogP contribution < -0.4 is 5.32 Å². The standard InChI is InChI=1S/C17H25NOS/c1-13-5-3-4-6-15(13)16(18-2)14-7-9-19-17(11-14)8-10-20-12-17/h3-6,14,16,18H,7-12H2,1-2H3. The molecule has 0 aromatic heterocycles. The summed E-state index contributed by atoms with van der Waals surface area (Å²) in [5.74, 6) is 3.14. The van der Waals surface area contributed by atoms with Crippen molar-refractivity contribution in [1.29, 1.82) is 0 Å². The average Bonchev–Trinajstić information content (AvgIpc) is 2.90. The van der Waals surface area contributed by atoms with E-state index < -0.39 is 0 Å². The topological polar surface area (TPSA) is 21.3 Å². The van der Waals surface area contributed by atoms with E-state index in [1.165, 1.54) is 41.9 Å². The van der Waals surface area contributed by atoms with Crippen molar-refractivity contribution in [2.75, 3.05) is 25.2 Å². The number of aryl methyl sites for hydroxylation is 1. The van der Waals surface area contributed by atoms with Crippen molar-refractivity contribution in [3.8, 4) is 0 Å². The number of ether oxygens (including phenoxy) is 1. The van der Waals surface area contributed by atoms with Gasteiger partial charge >= 0.3 is 0 Å². The van der Waals surface area contributed by atoms with E-state index in [9.17, 15) is 0 Å². The highest BCUT2D eigenvalue weighted by Crippen LogP contribution is 2.44. The molecule has 20 heavy (non-hydrogen) atoms. The van der Waals surface area contributed by atoms with Gasteiger partial charge in [-0.15, -0.1) is 0 Å². The van der Waals surface area contributed by atoms with Gasteiger partial charge in [0.2, 0.25) is 0 Å². The SMILES string of the molecule is CNC(c1ccccc1C)C1CCOC2(CCSC2)C1. The Hall–Kier alpha value is -0.510. The van der Waals surface area contributed by atoms with E-state index >= 15 is 0 Å². The van der Waals surface area contributed by atoms with Crippen molar-refractivity contribution in [1.82, 2.24) is 5.32 Å². The molecule has 110 valence electrons. The first-order valence-corrected chi connectivity index (χ1v) is 8.84. The largest absolute Gasteiger partial charge is 0.374 e. The molecule has 0 radical (unpaired) electrons. The lowest BCUT2D eigenvalue weighted by Crippen LogP contribution is -2.43. The molecule has 0 aliphatic carbocycles. The summed E-state index contributed by atoms with van der Waals surface area (Å²) in [6.45, 7) is 3.15. The van der Waals surface area contributed by atoms with Gasteiger partial charge in [-0.1, -0.05) is 24.3 Å².